The Morgan fingerprint density at radius 1 is 1.03 bits per heavy atom. The van der Waals surface area contributed by atoms with Crippen LogP contribution >= 0.6 is 15.9 Å². The summed E-state index contributed by atoms with van der Waals surface area (Å²) in [5.41, 5.74) is 3.58. The predicted molar refractivity (Wildman–Crippen MR) is 129 cm³/mol. The number of methoxy groups -OCH3 is 1. The number of esters is 1. The van der Waals surface area contributed by atoms with Crippen LogP contribution in [0.5, 0.6) is 23.0 Å². The van der Waals surface area contributed by atoms with Crippen LogP contribution in [0.4, 0.5) is 0 Å². The average Bonchev–Trinajstić information content (AvgIpc) is 3.18. The Morgan fingerprint density at radius 3 is 2.66 bits per heavy atom. The summed E-state index contributed by atoms with van der Waals surface area (Å²) in [7, 11) is 1.60. The molecule has 6 rings (SSSR count). The van der Waals surface area contributed by atoms with Gasteiger partial charge in [0.1, 0.15) is 23.0 Å². The molecular weight excluding hydrogens is 516 g/mol. The zero-order valence-electron chi connectivity index (χ0n) is 18.6. The maximum Gasteiger partial charge on any atom is 0.312 e. The number of rotatable bonds is 3. The molecule has 0 spiro atoms. The van der Waals surface area contributed by atoms with E-state index in [4.69, 9.17) is 23.7 Å². The van der Waals surface area contributed by atoms with Gasteiger partial charge in [0.25, 0.3) is 0 Å². The van der Waals surface area contributed by atoms with Crippen molar-refractivity contribution in [3.05, 3.63) is 86.6 Å². The molecule has 0 fully saturated rings. The Morgan fingerprint density at radius 2 is 1.86 bits per heavy atom. The van der Waals surface area contributed by atoms with Gasteiger partial charge in [0.15, 0.2) is 12.6 Å². The van der Waals surface area contributed by atoms with Crippen LogP contribution in [0.15, 0.2) is 58.8 Å². The molecule has 3 aromatic carbocycles. The standard InChI is InChI=1S/C27H19BrO7/c1-31-17-4-2-14(3-5-17)8-22-25(30)18-6-7-21-24(27(18)35-22)19(11-23(29)34-21)20-10-16(28)9-15-12-32-13-33-26(15)20/h2-10,19H,11-13H2,1H3/b22-8+/t19-/m0/s1. The Hall–Kier alpha value is -3.62. The van der Waals surface area contributed by atoms with Gasteiger partial charge in [-0.15, -0.1) is 0 Å². The van der Waals surface area contributed by atoms with Crippen LogP contribution in [-0.2, 0) is 16.1 Å². The van der Waals surface area contributed by atoms with E-state index in [9.17, 15) is 9.59 Å². The summed E-state index contributed by atoms with van der Waals surface area (Å²) < 4.78 is 29.0. The molecule has 35 heavy (non-hydrogen) atoms. The average molecular weight is 535 g/mol. The van der Waals surface area contributed by atoms with Crippen molar-refractivity contribution in [3.8, 4) is 23.0 Å². The van der Waals surface area contributed by atoms with Gasteiger partial charge in [-0.25, -0.2) is 0 Å². The van der Waals surface area contributed by atoms with Crippen molar-refractivity contribution in [1.82, 2.24) is 0 Å². The number of hydrogen-bond donors (Lipinski definition) is 0. The van der Waals surface area contributed by atoms with Gasteiger partial charge >= 0.3 is 5.97 Å². The van der Waals surface area contributed by atoms with Gasteiger partial charge in [-0.1, -0.05) is 28.1 Å². The quantitative estimate of drug-likeness (QED) is 0.253. The third-order valence-corrected chi connectivity index (χ3v) is 6.73. The van der Waals surface area contributed by atoms with Crippen molar-refractivity contribution >= 4 is 33.8 Å². The van der Waals surface area contributed by atoms with E-state index in [1.165, 1.54) is 0 Å². The van der Waals surface area contributed by atoms with E-state index in [2.05, 4.69) is 15.9 Å². The molecule has 0 bridgehead atoms. The molecule has 3 aliphatic heterocycles. The van der Waals surface area contributed by atoms with Crippen molar-refractivity contribution in [2.24, 2.45) is 0 Å². The van der Waals surface area contributed by atoms with Crippen LogP contribution in [0.2, 0.25) is 0 Å². The van der Waals surface area contributed by atoms with Crippen LogP contribution in [0.3, 0.4) is 0 Å². The largest absolute Gasteiger partial charge is 0.497 e. The summed E-state index contributed by atoms with van der Waals surface area (Å²) in [6, 6.07) is 14.5. The first-order valence-corrected chi connectivity index (χ1v) is 11.8. The predicted octanol–water partition coefficient (Wildman–Crippen LogP) is 5.38. The van der Waals surface area contributed by atoms with E-state index in [0.717, 1.165) is 26.9 Å². The van der Waals surface area contributed by atoms with E-state index < -0.39 is 5.92 Å². The van der Waals surface area contributed by atoms with Crippen LogP contribution in [0.25, 0.3) is 6.08 Å². The van der Waals surface area contributed by atoms with Gasteiger partial charge < -0.3 is 23.7 Å². The van der Waals surface area contributed by atoms with Crippen LogP contribution in [0.1, 0.15) is 45.0 Å². The number of ketones is 1. The molecule has 7 nitrogen and oxygen atoms in total. The summed E-state index contributed by atoms with van der Waals surface area (Å²) in [5, 5.41) is 0. The number of carbonyl (C=O) groups is 2. The number of halogens is 1. The smallest absolute Gasteiger partial charge is 0.312 e. The third-order valence-electron chi connectivity index (χ3n) is 6.27. The molecule has 8 heteroatoms. The Labute approximate surface area is 209 Å². The Kier molecular flexibility index (Phi) is 5.35. The lowest BCUT2D eigenvalue weighted by Gasteiger charge is -2.29. The lowest BCUT2D eigenvalue weighted by Crippen LogP contribution is -2.23. The summed E-state index contributed by atoms with van der Waals surface area (Å²) >= 11 is 3.56. The minimum absolute atomic E-state index is 0.0889. The van der Waals surface area contributed by atoms with Gasteiger partial charge in [0.05, 0.1) is 25.7 Å². The Balaban J connectivity index is 1.46. The molecule has 3 aliphatic rings. The fourth-order valence-corrected chi connectivity index (χ4v) is 5.21. The number of fused-ring (bicyclic) bond motifs is 4. The number of ether oxygens (including phenoxy) is 5. The second-order valence-electron chi connectivity index (χ2n) is 8.39. The molecule has 3 heterocycles. The van der Waals surface area contributed by atoms with Crippen LogP contribution < -0.4 is 18.9 Å². The monoisotopic (exact) mass is 534 g/mol. The highest BCUT2D eigenvalue weighted by atomic mass is 79.9. The van der Waals surface area contributed by atoms with Gasteiger partial charge in [0, 0.05) is 27.1 Å². The summed E-state index contributed by atoms with van der Waals surface area (Å²) in [5.74, 6) is 1.39. The molecule has 176 valence electrons. The molecule has 0 aliphatic carbocycles. The zero-order chi connectivity index (χ0) is 24.1. The zero-order valence-corrected chi connectivity index (χ0v) is 20.2. The molecule has 0 radical (unpaired) electrons. The second kappa shape index (κ2) is 8.55. The Bertz CT molecular complexity index is 1410. The number of Topliss-reactive ketones (excluding diaryl/α,β-unsaturated/α-hetero) is 1. The lowest BCUT2D eigenvalue weighted by molar-refractivity contribution is -0.135. The number of hydrogen-bond acceptors (Lipinski definition) is 7. The van der Waals surface area contributed by atoms with Crippen molar-refractivity contribution in [1.29, 1.82) is 0 Å². The van der Waals surface area contributed by atoms with Gasteiger partial charge in [-0.3, -0.25) is 9.59 Å². The highest BCUT2D eigenvalue weighted by Crippen LogP contribution is 2.51. The van der Waals surface area contributed by atoms with E-state index >= 15 is 0 Å². The number of allylic oxidation sites excluding steroid dienone is 1. The first kappa shape index (κ1) is 21.9. The van der Waals surface area contributed by atoms with Crippen molar-refractivity contribution < 1.29 is 33.3 Å². The van der Waals surface area contributed by atoms with Gasteiger partial charge in [-0.2, -0.15) is 0 Å². The first-order valence-electron chi connectivity index (χ1n) is 11.0. The van der Waals surface area contributed by atoms with Gasteiger partial charge in [0.2, 0.25) is 5.78 Å². The molecular formula is C27H19BrO7. The fraction of sp³-hybridized carbons (Fsp3) is 0.185. The maximum absolute atomic E-state index is 13.2. The third kappa shape index (κ3) is 3.79. The SMILES string of the molecule is COc1ccc(/C=C2/Oc3c(ccc4c3[C@H](c3cc(Br)cc5c3OCOC5)CC(=O)O4)C2=O)cc1. The highest BCUT2D eigenvalue weighted by molar-refractivity contribution is 9.10. The van der Waals surface area contributed by atoms with E-state index in [1.54, 1.807) is 25.3 Å². The first-order chi connectivity index (χ1) is 17.0. The summed E-state index contributed by atoms with van der Waals surface area (Å²) in [6.45, 7) is 0.532. The summed E-state index contributed by atoms with van der Waals surface area (Å²) in [4.78, 5) is 25.8. The van der Waals surface area contributed by atoms with Crippen molar-refractivity contribution in [2.75, 3.05) is 13.9 Å². The molecule has 0 N–H and O–H groups in total. The molecule has 0 saturated heterocycles. The molecule has 3 aromatic rings. The van der Waals surface area contributed by atoms with Crippen molar-refractivity contribution in [2.45, 2.75) is 18.9 Å². The molecule has 1 atom stereocenters. The van der Waals surface area contributed by atoms with Gasteiger partial charge in [-0.05, 0) is 48.0 Å². The molecule has 0 aromatic heterocycles. The lowest BCUT2D eigenvalue weighted by atomic mass is 9.83. The fourth-order valence-electron chi connectivity index (χ4n) is 4.69. The highest BCUT2D eigenvalue weighted by Gasteiger charge is 2.40. The molecule has 0 saturated carbocycles. The normalized spacial score (nSPS) is 19.3. The summed E-state index contributed by atoms with van der Waals surface area (Å²) in [6.07, 6.45) is 1.78. The van der Waals surface area contributed by atoms with Crippen molar-refractivity contribution in [3.63, 3.8) is 0 Å². The van der Waals surface area contributed by atoms with Crippen LogP contribution in [0, 0.1) is 0 Å². The van der Waals surface area contributed by atoms with E-state index in [0.29, 0.717) is 35.0 Å². The minimum Gasteiger partial charge on any atom is -0.497 e. The van der Waals surface area contributed by atoms with E-state index in [-0.39, 0.29) is 30.7 Å². The van der Waals surface area contributed by atoms with E-state index in [1.807, 2.05) is 36.4 Å². The minimum atomic E-state index is -0.418. The topological polar surface area (TPSA) is 80.3 Å². The maximum atomic E-state index is 13.2. The molecule has 0 amide bonds. The molecule has 0 unspecified atom stereocenters. The van der Waals surface area contributed by atoms with Crippen LogP contribution in [-0.4, -0.2) is 25.7 Å². The second-order valence-corrected chi connectivity index (χ2v) is 9.31. The number of carbonyl (C=O) groups excluding carboxylic acids is 2. The number of benzene rings is 3.